The molecule has 1 aliphatic heterocycles. The Bertz CT molecular complexity index is 841. The molecular weight excluding hydrogens is 322 g/mol. The van der Waals surface area contributed by atoms with Crippen molar-refractivity contribution >= 4 is 23.7 Å². The maximum atomic E-state index is 12.7. The number of hydrazone groups is 1. The molecule has 5 aliphatic rings. The molecule has 2 saturated carbocycles. The van der Waals surface area contributed by atoms with Crippen molar-refractivity contribution in [1.82, 2.24) is 5.01 Å². The van der Waals surface area contributed by atoms with E-state index in [2.05, 4.69) is 17.3 Å². The molecule has 1 aromatic carbocycles. The highest BCUT2D eigenvalue weighted by atomic mass is 16.6. The zero-order valence-electron chi connectivity index (χ0n) is 13.2. The highest BCUT2D eigenvalue weighted by Gasteiger charge is 2.67. The van der Waals surface area contributed by atoms with Crippen molar-refractivity contribution in [3.05, 3.63) is 52.1 Å². The Morgan fingerprint density at radius 3 is 2.36 bits per heavy atom. The number of non-ortho nitro benzene ring substituents is 1. The third-order valence-corrected chi connectivity index (χ3v) is 6.04. The van der Waals surface area contributed by atoms with Crippen molar-refractivity contribution in [2.75, 3.05) is 0 Å². The van der Waals surface area contributed by atoms with Crippen LogP contribution in [-0.2, 0) is 9.59 Å². The Labute approximate surface area is 143 Å². The average Bonchev–Trinajstić information content (AvgIpc) is 3.39. The summed E-state index contributed by atoms with van der Waals surface area (Å²) in [6.45, 7) is 0. The normalized spacial score (nSPS) is 37.5. The van der Waals surface area contributed by atoms with Crippen LogP contribution in [0.15, 0.2) is 41.5 Å². The fraction of sp³-hybridized carbons (Fsp3) is 0.389. The Balaban J connectivity index is 1.43. The number of nitro benzene ring substituents is 1. The first-order valence-corrected chi connectivity index (χ1v) is 8.41. The number of carbonyl (C=O) groups is 2. The van der Waals surface area contributed by atoms with Gasteiger partial charge in [0.1, 0.15) is 0 Å². The van der Waals surface area contributed by atoms with E-state index in [0.29, 0.717) is 17.4 Å². The summed E-state index contributed by atoms with van der Waals surface area (Å²) >= 11 is 0. The molecule has 1 heterocycles. The van der Waals surface area contributed by atoms with E-state index >= 15 is 0 Å². The van der Waals surface area contributed by atoms with Gasteiger partial charge < -0.3 is 0 Å². The summed E-state index contributed by atoms with van der Waals surface area (Å²) in [5, 5.41) is 15.9. The third kappa shape index (κ3) is 1.95. The zero-order valence-corrected chi connectivity index (χ0v) is 13.2. The molecule has 25 heavy (non-hydrogen) atoms. The number of hydrogen-bond donors (Lipinski definition) is 0. The van der Waals surface area contributed by atoms with E-state index in [1.54, 1.807) is 12.1 Å². The van der Waals surface area contributed by atoms with Crippen LogP contribution in [0.1, 0.15) is 12.0 Å². The number of amides is 2. The smallest absolute Gasteiger partial charge is 0.270 e. The summed E-state index contributed by atoms with van der Waals surface area (Å²) < 4.78 is 0. The second-order valence-corrected chi connectivity index (χ2v) is 7.24. The molecule has 1 aromatic rings. The lowest BCUT2D eigenvalue weighted by Gasteiger charge is -2.37. The molecule has 3 fully saturated rings. The quantitative estimate of drug-likeness (QED) is 0.277. The lowest BCUT2D eigenvalue weighted by atomic mass is 9.63. The standard InChI is InChI=1S/C18H15N3O4/c22-17-15-11-4-5-12(14-7-13(11)14)16(15)18(23)20(17)19-8-9-2-1-3-10(6-9)21(24)25/h1-6,8,11-16H,7H2/b19-8-/t11-,12-,13-,14+,15-,16-/m1/s1. The predicted molar refractivity (Wildman–Crippen MR) is 87.2 cm³/mol. The SMILES string of the molecule is O=C1[C@@H]2[C@@H]3C=C[C@H]([C@@H]4C[C@H]34)[C@H]2C(=O)N1/N=C\c1cccc([N+](=O)[O-])c1. The lowest BCUT2D eigenvalue weighted by molar-refractivity contribution is -0.384. The number of rotatable bonds is 3. The molecule has 7 nitrogen and oxygen atoms in total. The largest absolute Gasteiger partial charge is 0.272 e. The number of allylic oxidation sites excluding steroid dienone is 2. The van der Waals surface area contributed by atoms with Crippen molar-refractivity contribution in [2.45, 2.75) is 6.42 Å². The first kappa shape index (κ1) is 14.5. The van der Waals surface area contributed by atoms with E-state index in [4.69, 9.17) is 0 Å². The van der Waals surface area contributed by atoms with Crippen LogP contribution >= 0.6 is 0 Å². The van der Waals surface area contributed by atoms with Crippen molar-refractivity contribution in [3.63, 3.8) is 0 Å². The summed E-state index contributed by atoms with van der Waals surface area (Å²) in [7, 11) is 0. The number of benzene rings is 1. The van der Waals surface area contributed by atoms with E-state index in [0.717, 1.165) is 11.4 Å². The highest BCUT2D eigenvalue weighted by Crippen LogP contribution is 2.65. The Kier molecular flexibility index (Phi) is 2.81. The number of nitro groups is 1. The van der Waals surface area contributed by atoms with Gasteiger partial charge in [0.15, 0.2) is 0 Å². The number of imide groups is 1. The molecule has 0 aromatic heterocycles. The fourth-order valence-corrected chi connectivity index (χ4v) is 4.90. The molecule has 1 saturated heterocycles. The minimum absolute atomic E-state index is 0.0565. The molecule has 0 spiro atoms. The maximum absolute atomic E-state index is 12.7. The second-order valence-electron chi connectivity index (χ2n) is 7.24. The van der Waals surface area contributed by atoms with Crippen LogP contribution in [0.5, 0.6) is 0 Å². The molecule has 0 N–H and O–H groups in total. The molecule has 0 radical (unpaired) electrons. The first-order chi connectivity index (χ1) is 12.1. The molecule has 2 amide bonds. The van der Waals surface area contributed by atoms with Crippen LogP contribution in [-0.4, -0.2) is 28.0 Å². The molecule has 6 rings (SSSR count). The monoisotopic (exact) mass is 337 g/mol. The first-order valence-electron chi connectivity index (χ1n) is 8.41. The van der Waals surface area contributed by atoms with Crippen molar-refractivity contribution < 1.29 is 14.5 Å². The highest BCUT2D eigenvalue weighted by molar-refractivity contribution is 6.06. The van der Waals surface area contributed by atoms with E-state index in [1.165, 1.54) is 18.3 Å². The number of carbonyl (C=O) groups excluding carboxylic acids is 2. The molecule has 0 unspecified atom stereocenters. The minimum atomic E-state index is -0.492. The van der Waals surface area contributed by atoms with Crippen LogP contribution in [0.4, 0.5) is 5.69 Å². The van der Waals surface area contributed by atoms with E-state index < -0.39 is 4.92 Å². The molecule has 7 heteroatoms. The van der Waals surface area contributed by atoms with Crippen molar-refractivity contribution in [2.24, 2.45) is 40.6 Å². The molecule has 126 valence electrons. The van der Waals surface area contributed by atoms with Gasteiger partial charge in [-0.3, -0.25) is 19.7 Å². The van der Waals surface area contributed by atoms with E-state index in [9.17, 15) is 19.7 Å². The average molecular weight is 337 g/mol. The topological polar surface area (TPSA) is 92.9 Å². The van der Waals surface area contributed by atoms with Gasteiger partial charge in [0.2, 0.25) is 0 Å². The van der Waals surface area contributed by atoms with Gasteiger partial charge in [-0.05, 0) is 30.1 Å². The Morgan fingerprint density at radius 2 is 1.76 bits per heavy atom. The number of nitrogens with zero attached hydrogens (tertiary/aromatic N) is 3. The van der Waals surface area contributed by atoms with Gasteiger partial charge in [0, 0.05) is 17.7 Å². The van der Waals surface area contributed by atoms with Crippen LogP contribution in [0, 0.1) is 45.6 Å². The molecule has 2 bridgehead atoms. The van der Waals surface area contributed by atoms with Crippen LogP contribution < -0.4 is 0 Å². The van der Waals surface area contributed by atoms with Gasteiger partial charge in [0.25, 0.3) is 17.5 Å². The van der Waals surface area contributed by atoms with Crippen molar-refractivity contribution in [3.8, 4) is 0 Å². The summed E-state index contributed by atoms with van der Waals surface area (Å²) in [4.78, 5) is 35.8. The maximum Gasteiger partial charge on any atom is 0.270 e. The summed E-state index contributed by atoms with van der Waals surface area (Å²) in [6, 6.07) is 5.94. The lowest BCUT2D eigenvalue weighted by Crippen LogP contribution is -2.40. The van der Waals surface area contributed by atoms with Crippen molar-refractivity contribution in [1.29, 1.82) is 0 Å². The second kappa shape index (κ2) is 4.84. The Morgan fingerprint density at radius 1 is 1.12 bits per heavy atom. The fourth-order valence-electron chi connectivity index (χ4n) is 4.90. The van der Waals surface area contributed by atoms with Gasteiger partial charge in [-0.25, -0.2) is 0 Å². The summed E-state index contributed by atoms with van der Waals surface area (Å²) in [5.41, 5.74) is 0.424. The van der Waals surface area contributed by atoms with Gasteiger partial charge in [-0.2, -0.15) is 10.1 Å². The van der Waals surface area contributed by atoms with Gasteiger partial charge in [0.05, 0.1) is 23.0 Å². The van der Waals surface area contributed by atoms with Gasteiger partial charge in [-0.15, -0.1) is 0 Å². The Hall–Kier alpha value is -2.83. The minimum Gasteiger partial charge on any atom is -0.272 e. The summed E-state index contributed by atoms with van der Waals surface area (Å²) in [6.07, 6.45) is 6.68. The van der Waals surface area contributed by atoms with Gasteiger partial charge >= 0.3 is 0 Å². The third-order valence-electron chi connectivity index (χ3n) is 6.04. The van der Waals surface area contributed by atoms with Crippen LogP contribution in [0.25, 0.3) is 0 Å². The molecule has 4 aliphatic carbocycles. The van der Waals surface area contributed by atoms with E-state index in [1.807, 2.05) is 0 Å². The number of hydrogen-bond acceptors (Lipinski definition) is 5. The zero-order chi connectivity index (χ0) is 17.3. The molecule has 6 atom stereocenters. The predicted octanol–water partition coefficient (Wildman–Crippen LogP) is 1.98. The van der Waals surface area contributed by atoms with Gasteiger partial charge in [-0.1, -0.05) is 24.3 Å². The van der Waals surface area contributed by atoms with E-state index in [-0.39, 0.29) is 41.2 Å². The molecular formula is C18H15N3O4. The van der Waals surface area contributed by atoms with Crippen LogP contribution in [0.3, 0.4) is 0 Å². The van der Waals surface area contributed by atoms with Crippen LogP contribution in [0.2, 0.25) is 0 Å². The summed E-state index contributed by atoms with van der Waals surface area (Å²) in [5.74, 6) is 0.385.